The van der Waals surface area contributed by atoms with E-state index in [-0.39, 0.29) is 5.91 Å². The molecule has 2 heterocycles. The smallest absolute Gasteiger partial charge is 0.272 e. The summed E-state index contributed by atoms with van der Waals surface area (Å²) in [6.07, 6.45) is 2.63. The lowest BCUT2D eigenvalue weighted by atomic mass is 10.00. The number of amides is 1. The van der Waals surface area contributed by atoms with Crippen LogP contribution in [0.25, 0.3) is 0 Å². The molecule has 0 unspecified atom stereocenters. The molecule has 0 aliphatic carbocycles. The number of aryl methyl sites for hydroxylation is 2. The number of benzene rings is 2. The van der Waals surface area contributed by atoms with Crippen molar-refractivity contribution < 1.29 is 4.79 Å². The maximum atomic E-state index is 12.8. The quantitative estimate of drug-likeness (QED) is 0.743. The van der Waals surface area contributed by atoms with Crippen LogP contribution < -0.4 is 5.32 Å². The number of hydrogen-bond acceptors (Lipinski definition) is 3. The summed E-state index contributed by atoms with van der Waals surface area (Å²) >= 11 is 0. The number of anilines is 2. The Morgan fingerprint density at radius 2 is 1.85 bits per heavy atom. The summed E-state index contributed by atoms with van der Waals surface area (Å²) in [5.41, 5.74) is 7.36. The van der Waals surface area contributed by atoms with Crippen LogP contribution in [-0.2, 0) is 13.0 Å². The lowest BCUT2D eigenvalue weighted by Crippen LogP contribution is -2.36. The topological polar surface area (TPSA) is 45.2 Å². The minimum absolute atomic E-state index is 0.0113. The maximum Gasteiger partial charge on any atom is 0.272 e. The van der Waals surface area contributed by atoms with Crippen molar-refractivity contribution in [3.63, 3.8) is 0 Å². The molecule has 1 amide bonds. The fraction of sp³-hybridized carbons (Fsp3) is 0.217. The van der Waals surface area contributed by atoms with E-state index in [2.05, 4.69) is 60.5 Å². The summed E-state index contributed by atoms with van der Waals surface area (Å²) in [5, 5.41) is 3.38. The molecule has 4 heteroatoms. The highest BCUT2D eigenvalue weighted by atomic mass is 16.2. The summed E-state index contributed by atoms with van der Waals surface area (Å²) in [5.74, 6) is -0.0113. The molecule has 1 aromatic heterocycles. The van der Waals surface area contributed by atoms with E-state index in [0.29, 0.717) is 12.2 Å². The zero-order chi connectivity index (χ0) is 18.8. The van der Waals surface area contributed by atoms with Gasteiger partial charge < -0.3 is 10.2 Å². The second-order valence-corrected chi connectivity index (χ2v) is 7.12. The Kier molecular flexibility index (Phi) is 4.63. The third kappa shape index (κ3) is 3.70. The van der Waals surface area contributed by atoms with Gasteiger partial charge in [-0.25, -0.2) is 4.98 Å². The van der Waals surface area contributed by atoms with Gasteiger partial charge in [-0.3, -0.25) is 4.79 Å². The predicted octanol–water partition coefficient (Wildman–Crippen LogP) is 4.64. The number of hydrogen-bond donors (Lipinski definition) is 1. The number of fused-ring (bicyclic) bond motifs is 1. The number of carbonyl (C=O) groups is 1. The molecule has 0 atom stereocenters. The first-order valence-electron chi connectivity index (χ1n) is 9.26. The molecule has 0 bridgehead atoms. The minimum atomic E-state index is -0.0113. The van der Waals surface area contributed by atoms with Crippen LogP contribution in [-0.4, -0.2) is 22.3 Å². The van der Waals surface area contributed by atoms with Gasteiger partial charge in [-0.15, -0.1) is 0 Å². The number of pyridine rings is 1. The van der Waals surface area contributed by atoms with E-state index in [0.717, 1.165) is 24.3 Å². The second-order valence-electron chi connectivity index (χ2n) is 7.12. The van der Waals surface area contributed by atoms with Gasteiger partial charge in [-0.1, -0.05) is 36.4 Å². The maximum absolute atomic E-state index is 12.8. The van der Waals surface area contributed by atoms with Crippen LogP contribution in [0, 0.1) is 13.8 Å². The van der Waals surface area contributed by atoms with Crippen LogP contribution in [0.15, 0.2) is 60.8 Å². The molecule has 136 valence electrons. The average Bonchev–Trinajstić information content (AvgIpc) is 2.70. The molecule has 4 rings (SSSR count). The summed E-state index contributed by atoms with van der Waals surface area (Å²) in [7, 11) is 0. The van der Waals surface area contributed by atoms with Gasteiger partial charge in [0.2, 0.25) is 0 Å². The third-order valence-electron chi connectivity index (χ3n) is 5.07. The Hall–Kier alpha value is -3.14. The van der Waals surface area contributed by atoms with Crippen molar-refractivity contribution in [2.45, 2.75) is 26.8 Å². The number of nitrogens with zero attached hydrogens (tertiary/aromatic N) is 2. The predicted molar refractivity (Wildman–Crippen MR) is 108 cm³/mol. The van der Waals surface area contributed by atoms with E-state index in [4.69, 9.17) is 0 Å². The Morgan fingerprint density at radius 3 is 2.63 bits per heavy atom. The number of carbonyl (C=O) groups excluding carboxylic acids is 1. The fourth-order valence-corrected chi connectivity index (χ4v) is 3.45. The van der Waals surface area contributed by atoms with Crippen LogP contribution >= 0.6 is 0 Å². The van der Waals surface area contributed by atoms with E-state index in [1.54, 1.807) is 12.3 Å². The van der Waals surface area contributed by atoms with Crippen LogP contribution in [0.3, 0.4) is 0 Å². The third-order valence-corrected chi connectivity index (χ3v) is 5.07. The first-order valence-corrected chi connectivity index (χ1v) is 9.26. The molecule has 0 spiro atoms. The Labute approximate surface area is 159 Å². The number of aromatic nitrogens is 1. The van der Waals surface area contributed by atoms with Gasteiger partial charge in [0, 0.05) is 18.8 Å². The van der Waals surface area contributed by atoms with Crippen LogP contribution in [0.5, 0.6) is 0 Å². The lowest BCUT2D eigenvalue weighted by Gasteiger charge is -2.28. The van der Waals surface area contributed by atoms with Gasteiger partial charge in [0.15, 0.2) is 0 Å². The van der Waals surface area contributed by atoms with Gasteiger partial charge in [0.05, 0.1) is 11.9 Å². The molecule has 27 heavy (non-hydrogen) atoms. The molecule has 0 saturated carbocycles. The van der Waals surface area contributed by atoms with Crippen molar-refractivity contribution >= 4 is 17.3 Å². The van der Waals surface area contributed by atoms with E-state index in [1.165, 1.54) is 22.3 Å². The second kappa shape index (κ2) is 7.23. The highest BCUT2D eigenvalue weighted by Gasteiger charge is 2.22. The molecular weight excluding hydrogens is 334 g/mol. The summed E-state index contributed by atoms with van der Waals surface area (Å²) < 4.78 is 0. The molecule has 4 nitrogen and oxygen atoms in total. The van der Waals surface area contributed by atoms with Crippen LogP contribution in [0.4, 0.5) is 11.4 Å². The normalized spacial score (nSPS) is 13.2. The van der Waals surface area contributed by atoms with Crippen molar-refractivity contribution in [2.75, 3.05) is 11.9 Å². The molecule has 1 aliphatic heterocycles. The van der Waals surface area contributed by atoms with Crippen molar-refractivity contribution in [3.8, 4) is 0 Å². The first-order chi connectivity index (χ1) is 13.1. The van der Waals surface area contributed by atoms with Gasteiger partial charge >= 0.3 is 0 Å². The van der Waals surface area contributed by atoms with E-state index in [9.17, 15) is 4.79 Å². The largest absolute Gasteiger partial charge is 0.354 e. The molecule has 0 saturated heterocycles. The zero-order valence-electron chi connectivity index (χ0n) is 15.7. The fourth-order valence-electron chi connectivity index (χ4n) is 3.45. The highest BCUT2D eigenvalue weighted by Crippen LogP contribution is 2.23. The van der Waals surface area contributed by atoms with Crippen molar-refractivity contribution in [1.29, 1.82) is 0 Å². The minimum Gasteiger partial charge on any atom is -0.354 e. The van der Waals surface area contributed by atoms with E-state index < -0.39 is 0 Å². The highest BCUT2D eigenvalue weighted by molar-refractivity contribution is 5.92. The molecule has 0 radical (unpaired) electrons. The summed E-state index contributed by atoms with van der Waals surface area (Å²) in [4.78, 5) is 19.1. The lowest BCUT2D eigenvalue weighted by molar-refractivity contribution is 0.0729. The van der Waals surface area contributed by atoms with Crippen molar-refractivity contribution in [2.24, 2.45) is 0 Å². The Balaban J connectivity index is 1.47. The van der Waals surface area contributed by atoms with Gasteiger partial charge in [-0.05, 0) is 60.7 Å². The average molecular weight is 357 g/mol. The number of nitrogens with one attached hydrogen (secondary N) is 1. The molecule has 0 fully saturated rings. The molecular formula is C23H23N3O. The molecule has 1 aliphatic rings. The molecule has 1 N–H and O–H groups in total. The van der Waals surface area contributed by atoms with Crippen LogP contribution in [0.2, 0.25) is 0 Å². The van der Waals surface area contributed by atoms with Gasteiger partial charge in [-0.2, -0.15) is 0 Å². The monoisotopic (exact) mass is 357 g/mol. The number of rotatable bonds is 3. The Morgan fingerprint density at radius 1 is 1.04 bits per heavy atom. The standard InChI is InChI=1S/C23H23N3O/c1-16-7-8-17(2)22(13-16)25-20-9-10-21(24-14-20)23(27)26-12-11-18-5-3-4-6-19(18)15-26/h3-10,13-14,25H,11-12,15H2,1-2H3. The summed E-state index contributed by atoms with van der Waals surface area (Å²) in [6.45, 7) is 5.53. The SMILES string of the molecule is Cc1ccc(C)c(Nc2ccc(C(=O)N3CCc4ccccc4C3)nc2)c1. The van der Waals surface area contributed by atoms with Crippen LogP contribution in [0.1, 0.15) is 32.7 Å². The molecule has 2 aromatic carbocycles. The van der Waals surface area contributed by atoms with Crippen molar-refractivity contribution in [3.05, 3.63) is 88.7 Å². The van der Waals surface area contributed by atoms with Gasteiger partial charge in [0.1, 0.15) is 5.69 Å². The first kappa shape index (κ1) is 17.3. The molecule has 3 aromatic rings. The van der Waals surface area contributed by atoms with Crippen molar-refractivity contribution in [1.82, 2.24) is 9.88 Å². The summed E-state index contributed by atoms with van der Waals surface area (Å²) in [6, 6.07) is 18.3. The Bertz CT molecular complexity index is 979. The van der Waals surface area contributed by atoms with E-state index >= 15 is 0 Å². The van der Waals surface area contributed by atoms with E-state index in [1.807, 2.05) is 17.0 Å². The van der Waals surface area contributed by atoms with Gasteiger partial charge in [0.25, 0.3) is 5.91 Å². The zero-order valence-corrected chi connectivity index (χ0v) is 15.7.